The number of hydrogen-bond donors (Lipinski definition) is 2. The lowest BCUT2D eigenvalue weighted by Gasteiger charge is -2.08. The zero-order valence-electron chi connectivity index (χ0n) is 17.6. The third-order valence-electron chi connectivity index (χ3n) is 4.71. The van der Waals surface area contributed by atoms with Crippen molar-refractivity contribution in [1.82, 2.24) is 15.2 Å². The summed E-state index contributed by atoms with van der Waals surface area (Å²) in [6.07, 6.45) is 2.64. The quantitative estimate of drug-likeness (QED) is 0.378. The number of nitriles is 1. The van der Waals surface area contributed by atoms with Gasteiger partial charge in [0.25, 0.3) is 5.91 Å². The molecule has 2 N–H and O–H groups in total. The predicted molar refractivity (Wildman–Crippen MR) is 114 cm³/mol. The fourth-order valence-electron chi connectivity index (χ4n) is 3.21. The van der Waals surface area contributed by atoms with Gasteiger partial charge in [-0.15, -0.1) is 0 Å². The molecular formula is C23H27FN4O2. The number of benzene rings is 1. The average molecular weight is 410 g/mol. The summed E-state index contributed by atoms with van der Waals surface area (Å²) in [7, 11) is 0. The number of rotatable bonds is 9. The molecule has 1 aromatic carbocycles. The van der Waals surface area contributed by atoms with Crippen LogP contribution in [0.5, 0.6) is 0 Å². The van der Waals surface area contributed by atoms with Gasteiger partial charge < -0.3 is 15.2 Å². The summed E-state index contributed by atoms with van der Waals surface area (Å²) >= 11 is 0. The Kier molecular flexibility index (Phi) is 8.36. The molecule has 1 heterocycles. The van der Waals surface area contributed by atoms with Crippen LogP contribution in [0.2, 0.25) is 0 Å². The molecule has 6 nitrogen and oxygen atoms in total. The smallest absolute Gasteiger partial charge is 0.262 e. The van der Waals surface area contributed by atoms with Gasteiger partial charge in [0.2, 0.25) is 5.91 Å². The standard InChI is InChI=1S/C23H27FN4O2/c1-4-10-28-16(2)11-19(17(28)3)14-20(15-25)23(30)27-9-8-26-22(29)13-18-6-5-7-21(24)12-18/h5-7,11-12,14H,4,8-10,13H2,1-3H3,(H,26,29)(H,27,30)/b20-14+. The van der Waals surface area contributed by atoms with Gasteiger partial charge in [-0.3, -0.25) is 9.59 Å². The molecule has 0 aliphatic rings. The average Bonchev–Trinajstić information content (AvgIpc) is 2.97. The molecule has 0 bridgehead atoms. The van der Waals surface area contributed by atoms with Gasteiger partial charge in [0, 0.05) is 31.0 Å². The SMILES string of the molecule is CCCn1c(C)cc(/C=C(\C#N)C(=O)NCCNC(=O)Cc2cccc(F)c2)c1C. The molecule has 0 saturated carbocycles. The fraction of sp³-hybridized carbons (Fsp3) is 0.348. The van der Waals surface area contributed by atoms with Gasteiger partial charge in [0.05, 0.1) is 6.42 Å². The van der Waals surface area contributed by atoms with Crippen molar-refractivity contribution in [2.24, 2.45) is 0 Å². The van der Waals surface area contributed by atoms with Crippen LogP contribution in [-0.2, 0) is 22.6 Å². The number of amides is 2. The number of nitrogens with one attached hydrogen (secondary N) is 2. The van der Waals surface area contributed by atoms with E-state index in [1.807, 2.05) is 26.0 Å². The van der Waals surface area contributed by atoms with Gasteiger partial charge in [0.1, 0.15) is 17.5 Å². The number of nitrogens with zero attached hydrogens (tertiary/aromatic N) is 2. The Labute approximate surface area is 176 Å². The fourth-order valence-corrected chi connectivity index (χ4v) is 3.21. The molecule has 1 aromatic heterocycles. The van der Waals surface area contributed by atoms with E-state index in [1.54, 1.807) is 18.2 Å². The number of carbonyl (C=O) groups is 2. The van der Waals surface area contributed by atoms with Gasteiger partial charge in [-0.1, -0.05) is 19.1 Å². The van der Waals surface area contributed by atoms with Crippen molar-refractivity contribution in [2.75, 3.05) is 13.1 Å². The van der Waals surface area contributed by atoms with Gasteiger partial charge in [-0.05, 0) is 55.7 Å². The first-order valence-corrected chi connectivity index (χ1v) is 9.93. The predicted octanol–water partition coefficient (Wildman–Crippen LogP) is 3.04. The van der Waals surface area contributed by atoms with E-state index in [0.717, 1.165) is 29.9 Å². The minimum atomic E-state index is -0.489. The van der Waals surface area contributed by atoms with Crippen LogP contribution in [0, 0.1) is 31.0 Å². The molecule has 0 aliphatic carbocycles. The monoisotopic (exact) mass is 410 g/mol. The Morgan fingerprint density at radius 3 is 2.60 bits per heavy atom. The Balaban J connectivity index is 1.87. The van der Waals surface area contributed by atoms with Crippen LogP contribution in [0.1, 0.15) is 35.9 Å². The molecular weight excluding hydrogens is 383 g/mol. The van der Waals surface area contributed by atoms with E-state index in [0.29, 0.717) is 5.56 Å². The van der Waals surface area contributed by atoms with Gasteiger partial charge in [-0.2, -0.15) is 5.26 Å². The van der Waals surface area contributed by atoms with Crippen LogP contribution < -0.4 is 10.6 Å². The first-order chi connectivity index (χ1) is 14.3. The summed E-state index contributed by atoms with van der Waals surface area (Å²) in [5.74, 6) is -1.15. The van der Waals surface area contributed by atoms with Crippen LogP contribution in [-0.4, -0.2) is 29.5 Å². The first kappa shape index (κ1) is 22.9. The lowest BCUT2D eigenvalue weighted by molar-refractivity contribution is -0.121. The van der Waals surface area contributed by atoms with E-state index in [1.165, 1.54) is 12.1 Å². The number of aryl methyl sites for hydroxylation is 1. The van der Waals surface area contributed by atoms with Crippen LogP contribution >= 0.6 is 0 Å². The van der Waals surface area contributed by atoms with Crippen molar-refractivity contribution in [3.05, 3.63) is 64.2 Å². The summed E-state index contributed by atoms with van der Waals surface area (Å²) in [5, 5.41) is 14.7. The lowest BCUT2D eigenvalue weighted by atomic mass is 10.1. The minimum absolute atomic E-state index is 0.0119. The van der Waals surface area contributed by atoms with Gasteiger partial charge in [0.15, 0.2) is 0 Å². The van der Waals surface area contributed by atoms with Crippen molar-refractivity contribution in [3.8, 4) is 6.07 Å². The van der Waals surface area contributed by atoms with E-state index in [-0.39, 0.29) is 36.8 Å². The molecule has 158 valence electrons. The number of halogens is 1. The topological polar surface area (TPSA) is 86.9 Å². The van der Waals surface area contributed by atoms with Crippen LogP contribution in [0.3, 0.4) is 0 Å². The van der Waals surface area contributed by atoms with E-state index in [2.05, 4.69) is 22.1 Å². The van der Waals surface area contributed by atoms with Gasteiger partial charge in [-0.25, -0.2) is 4.39 Å². The van der Waals surface area contributed by atoms with Crippen molar-refractivity contribution in [1.29, 1.82) is 5.26 Å². The highest BCUT2D eigenvalue weighted by molar-refractivity contribution is 6.01. The second-order valence-corrected chi connectivity index (χ2v) is 7.06. The molecule has 2 aromatic rings. The Hall–Kier alpha value is -3.40. The number of carbonyl (C=O) groups excluding carboxylic acids is 2. The summed E-state index contributed by atoms with van der Waals surface area (Å²) in [6, 6.07) is 9.75. The highest BCUT2D eigenvalue weighted by Crippen LogP contribution is 2.18. The first-order valence-electron chi connectivity index (χ1n) is 9.93. The molecule has 2 rings (SSSR count). The van der Waals surface area contributed by atoms with Crippen LogP contribution in [0.25, 0.3) is 6.08 Å². The Morgan fingerprint density at radius 1 is 1.20 bits per heavy atom. The largest absolute Gasteiger partial charge is 0.354 e. The molecule has 0 unspecified atom stereocenters. The third kappa shape index (κ3) is 6.31. The summed E-state index contributed by atoms with van der Waals surface area (Å²) in [4.78, 5) is 24.2. The summed E-state index contributed by atoms with van der Waals surface area (Å²) in [5.41, 5.74) is 3.53. The van der Waals surface area contributed by atoms with Crippen molar-refractivity contribution >= 4 is 17.9 Å². The molecule has 30 heavy (non-hydrogen) atoms. The van der Waals surface area contributed by atoms with Crippen LogP contribution in [0.4, 0.5) is 4.39 Å². The van der Waals surface area contributed by atoms with E-state index < -0.39 is 5.91 Å². The highest BCUT2D eigenvalue weighted by atomic mass is 19.1. The summed E-state index contributed by atoms with van der Waals surface area (Å²) < 4.78 is 15.3. The minimum Gasteiger partial charge on any atom is -0.354 e. The molecule has 7 heteroatoms. The normalized spacial score (nSPS) is 11.1. The van der Waals surface area contributed by atoms with Gasteiger partial charge >= 0.3 is 0 Å². The lowest BCUT2D eigenvalue weighted by Crippen LogP contribution is -2.35. The Morgan fingerprint density at radius 2 is 1.93 bits per heavy atom. The molecule has 0 atom stereocenters. The van der Waals surface area contributed by atoms with Crippen molar-refractivity contribution in [3.63, 3.8) is 0 Å². The van der Waals surface area contributed by atoms with E-state index in [4.69, 9.17) is 0 Å². The maximum Gasteiger partial charge on any atom is 0.262 e. The zero-order chi connectivity index (χ0) is 22.1. The number of hydrogen-bond acceptors (Lipinski definition) is 3. The van der Waals surface area contributed by atoms with Crippen molar-refractivity contribution in [2.45, 2.75) is 40.2 Å². The molecule has 0 fully saturated rings. The van der Waals surface area contributed by atoms with E-state index in [9.17, 15) is 19.2 Å². The number of aromatic nitrogens is 1. The maximum atomic E-state index is 13.2. The third-order valence-corrected chi connectivity index (χ3v) is 4.71. The van der Waals surface area contributed by atoms with Crippen molar-refractivity contribution < 1.29 is 14.0 Å². The molecule has 0 aliphatic heterocycles. The van der Waals surface area contributed by atoms with Crippen LogP contribution in [0.15, 0.2) is 35.9 Å². The maximum absolute atomic E-state index is 13.2. The summed E-state index contributed by atoms with van der Waals surface area (Å²) in [6.45, 7) is 7.34. The molecule has 0 spiro atoms. The molecule has 0 saturated heterocycles. The molecule has 0 radical (unpaired) electrons. The highest BCUT2D eigenvalue weighted by Gasteiger charge is 2.12. The zero-order valence-corrected chi connectivity index (χ0v) is 17.6. The second kappa shape index (κ2) is 11.0. The molecule has 2 amide bonds. The van der Waals surface area contributed by atoms with E-state index >= 15 is 0 Å². The Bertz CT molecular complexity index is 986. The second-order valence-electron chi connectivity index (χ2n) is 7.06.